The second-order valence-corrected chi connectivity index (χ2v) is 6.69. The zero-order chi connectivity index (χ0) is 12.7. The standard InChI is InChI=1S/C16H33N/c1-5-11-17-13-16(4,14(2)3)12-15-9-7-6-8-10-15/h14-15,17H,5-13H2,1-4H3. The number of hydrogen-bond donors (Lipinski definition) is 1. The molecule has 1 N–H and O–H groups in total. The van der Waals surface area contributed by atoms with Gasteiger partial charge in [-0.15, -0.1) is 0 Å². The van der Waals surface area contributed by atoms with Crippen LogP contribution in [0.15, 0.2) is 0 Å². The van der Waals surface area contributed by atoms with Crippen LogP contribution in [0.1, 0.15) is 72.6 Å². The van der Waals surface area contributed by atoms with Gasteiger partial charge in [0.15, 0.2) is 0 Å². The van der Waals surface area contributed by atoms with E-state index in [0.29, 0.717) is 5.41 Å². The molecular formula is C16H33N. The Bertz CT molecular complexity index is 194. The van der Waals surface area contributed by atoms with Crippen LogP contribution in [0.2, 0.25) is 0 Å². The van der Waals surface area contributed by atoms with Crippen LogP contribution in [0.25, 0.3) is 0 Å². The van der Waals surface area contributed by atoms with Crippen molar-refractivity contribution in [2.45, 2.75) is 72.6 Å². The second-order valence-electron chi connectivity index (χ2n) is 6.69. The summed E-state index contributed by atoms with van der Waals surface area (Å²) in [6.07, 6.45) is 10.1. The van der Waals surface area contributed by atoms with E-state index >= 15 is 0 Å². The predicted octanol–water partition coefficient (Wildman–Crippen LogP) is 4.62. The third kappa shape index (κ3) is 4.99. The van der Waals surface area contributed by atoms with Crippen molar-refractivity contribution in [1.82, 2.24) is 5.32 Å². The van der Waals surface area contributed by atoms with Gasteiger partial charge in [-0.3, -0.25) is 0 Å². The minimum absolute atomic E-state index is 0.497. The average molecular weight is 239 g/mol. The van der Waals surface area contributed by atoms with Gasteiger partial charge >= 0.3 is 0 Å². The van der Waals surface area contributed by atoms with Crippen molar-refractivity contribution in [3.8, 4) is 0 Å². The Hall–Kier alpha value is -0.0400. The predicted molar refractivity (Wildman–Crippen MR) is 77.3 cm³/mol. The molecule has 0 spiro atoms. The minimum Gasteiger partial charge on any atom is -0.316 e. The van der Waals surface area contributed by atoms with E-state index in [2.05, 4.69) is 33.0 Å². The van der Waals surface area contributed by atoms with Crippen LogP contribution in [0.4, 0.5) is 0 Å². The summed E-state index contributed by atoms with van der Waals surface area (Å²) in [5.74, 6) is 1.79. The monoisotopic (exact) mass is 239 g/mol. The van der Waals surface area contributed by atoms with Gasteiger partial charge in [-0.25, -0.2) is 0 Å². The summed E-state index contributed by atoms with van der Waals surface area (Å²) in [5, 5.41) is 3.65. The minimum atomic E-state index is 0.497. The molecule has 1 saturated carbocycles. The fraction of sp³-hybridized carbons (Fsp3) is 1.00. The maximum Gasteiger partial charge on any atom is 0.000771 e. The SMILES string of the molecule is CCCNCC(C)(CC1CCCCC1)C(C)C. The first kappa shape index (κ1) is 15.0. The molecule has 0 bridgehead atoms. The van der Waals surface area contributed by atoms with E-state index in [1.54, 1.807) is 0 Å². The molecule has 1 heteroatoms. The van der Waals surface area contributed by atoms with Crippen LogP contribution < -0.4 is 5.32 Å². The molecule has 0 saturated heterocycles. The third-order valence-corrected chi connectivity index (χ3v) is 4.83. The molecule has 1 nitrogen and oxygen atoms in total. The molecule has 0 aliphatic heterocycles. The van der Waals surface area contributed by atoms with Crippen molar-refractivity contribution in [3.05, 3.63) is 0 Å². The molecule has 1 fully saturated rings. The largest absolute Gasteiger partial charge is 0.316 e. The van der Waals surface area contributed by atoms with Gasteiger partial charge in [0.1, 0.15) is 0 Å². The van der Waals surface area contributed by atoms with Crippen LogP contribution in [-0.2, 0) is 0 Å². The molecule has 17 heavy (non-hydrogen) atoms. The second kappa shape index (κ2) is 7.41. The first-order chi connectivity index (χ1) is 8.08. The zero-order valence-corrected chi connectivity index (χ0v) is 12.5. The molecule has 0 amide bonds. The van der Waals surface area contributed by atoms with Crippen LogP contribution in [0.3, 0.4) is 0 Å². The molecule has 1 rings (SSSR count). The summed E-state index contributed by atoms with van der Waals surface area (Å²) in [4.78, 5) is 0. The Morgan fingerprint density at radius 2 is 1.82 bits per heavy atom. The molecular weight excluding hydrogens is 206 g/mol. The highest BCUT2D eigenvalue weighted by atomic mass is 14.9. The van der Waals surface area contributed by atoms with Gasteiger partial charge in [-0.05, 0) is 36.6 Å². The molecule has 1 atom stereocenters. The first-order valence-electron chi connectivity index (χ1n) is 7.79. The van der Waals surface area contributed by atoms with Crippen LogP contribution in [0.5, 0.6) is 0 Å². The van der Waals surface area contributed by atoms with Gasteiger partial charge in [-0.2, -0.15) is 0 Å². The highest BCUT2D eigenvalue weighted by molar-refractivity contribution is 4.84. The van der Waals surface area contributed by atoms with Crippen molar-refractivity contribution < 1.29 is 0 Å². The van der Waals surface area contributed by atoms with Crippen molar-refractivity contribution in [2.24, 2.45) is 17.3 Å². The summed E-state index contributed by atoms with van der Waals surface area (Å²) < 4.78 is 0. The van der Waals surface area contributed by atoms with Crippen LogP contribution in [0, 0.1) is 17.3 Å². The van der Waals surface area contributed by atoms with E-state index in [0.717, 1.165) is 11.8 Å². The van der Waals surface area contributed by atoms with Gasteiger partial charge in [-0.1, -0.05) is 59.8 Å². The molecule has 1 aliphatic rings. The normalized spacial score (nSPS) is 21.7. The Labute approximate surface area is 109 Å². The van der Waals surface area contributed by atoms with E-state index in [1.165, 1.54) is 58.0 Å². The summed E-state index contributed by atoms with van der Waals surface area (Å²) in [6.45, 7) is 11.9. The van der Waals surface area contributed by atoms with Crippen molar-refractivity contribution in [3.63, 3.8) is 0 Å². The fourth-order valence-electron chi connectivity index (χ4n) is 3.11. The van der Waals surface area contributed by atoms with Gasteiger partial charge in [0.25, 0.3) is 0 Å². The summed E-state index contributed by atoms with van der Waals surface area (Å²) in [5.41, 5.74) is 0.497. The Kier molecular flexibility index (Phi) is 6.54. The molecule has 102 valence electrons. The molecule has 0 aromatic carbocycles. The smallest absolute Gasteiger partial charge is 0.000771 e. The summed E-state index contributed by atoms with van der Waals surface area (Å²) in [6, 6.07) is 0. The van der Waals surface area contributed by atoms with E-state index in [4.69, 9.17) is 0 Å². The molecule has 1 unspecified atom stereocenters. The maximum absolute atomic E-state index is 3.65. The summed E-state index contributed by atoms with van der Waals surface area (Å²) in [7, 11) is 0. The molecule has 0 aromatic heterocycles. The Morgan fingerprint density at radius 1 is 1.18 bits per heavy atom. The Balaban J connectivity index is 2.44. The molecule has 0 aromatic rings. The quantitative estimate of drug-likeness (QED) is 0.639. The van der Waals surface area contributed by atoms with Crippen LogP contribution in [-0.4, -0.2) is 13.1 Å². The molecule has 1 aliphatic carbocycles. The van der Waals surface area contributed by atoms with Gasteiger partial charge < -0.3 is 5.32 Å². The van der Waals surface area contributed by atoms with Gasteiger partial charge in [0, 0.05) is 6.54 Å². The average Bonchev–Trinajstić information content (AvgIpc) is 2.30. The number of nitrogens with one attached hydrogen (secondary N) is 1. The molecule has 0 radical (unpaired) electrons. The highest BCUT2D eigenvalue weighted by Gasteiger charge is 2.31. The fourth-order valence-corrected chi connectivity index (χ4v) is 3.11. The first-order valence-corrected chi connectivity index (χ1v) is 7.79. The lowest BCUT2D eigenvalue weighted by Gasteiger charge is -2.38. The lowest BCUT2D eigenvalue weighted by atomic mass is 9.69. The van der Waals surface area contributed by atoms with E-state index in [9.17, 15) is 0 Å². The lowest BCUT2D eigenvalue weighted by Crippen LogP contribution is -2.38. The van der Waals surface area contributed by atoms with E-state index in [-0.39, 0.29) is 0 Å². The number of rotatable bonds is 7. The van der Waals surface area contributed by atoms with Crippen molar-refractivity contribution in [1.29, 1.82) is 0 Å². The Morgan fingerprint density at radius 3 is 2.35 bits per heavy atom. The lowest BCUT2D eigenvalue weighted by molar-refractivity contribution is 0.139. The van der Waals surface area contributed by atoms with Crippen LogP contribution >= 0.6 is 0 Å². The summed E-state index contributed by atoms with van der Waals surface area (Å²) >= 11 is 0. The molecule has 0 heterocycles. The number of hydrogen-bond acceptors (Lipinski definition) is 1. The highest BCUT2D eigenvalue weighted by Crippen LogP contribution is 2.38. The maximum atomic E-state index is 3.65. The zero-order valence-electron chi connectivity index (χ0n) is 12.5. The van der Waals surface area contributed by atoms with Gasteiger partial charge in [0.2, 0.25) is 0 Å². The third-order valence-electron chi connectivity index (χ3n) is 4.83. The van der Waals surface area contributed by atoms with Crippen molar-refractivity contribution in [2.75, 3.05) is 13.1 Å². The van der Waals surface area contributed by atoms with Gasteiger partial charge in [0.05, 0.1) is 0 Å². The van der Waals surface area contributed by atoms with E-state index < -0.39 is 0 Å². The van der Waals surface area contributed by atoms with E-state index in [1.807, 2.05) is 0 Å². The van der Waals surface area contributed by atoms with Crippen molar-refractivity contribution >= 4 is 0 Å². The topological polar surface area (TPSA) is 12.0 Å².